The minimum atomic E-state index is -0.513. The maximum absolute atomic E-state index is 12.5. The molecule has 5 rings (SSSR count). The summed E-state index contributed by atoms with van der Waals surface area (Å²) in [7, 11) is 0. The highest BCUT2D eigenvalue weighted by Gasteiger charge is 2.19. The van der Waals surface area contributed by atoms with Crippen molar-refractivity contribution in [3.63, 3.8) is 0 Å². The number of aromatic nitrogens is 5. The van der Waals surface area contributed by atoms with Crippen molar-refractivity contribution in [1.29, 1.82) is 0 Å². The second kappa shape index (κ2) is 8.56. The summed E-state index contributed by atoms with van der Waals surface area (Å²) < 4.78 is 6.94. The number of rotatable bonds is 6. The maximum Gasteiger partial charge on any atom is 0.343 e. The van der Waals surface area contributed by atoms with Crippen LogP contribution in [-0.2, 0) is 4.74 Å². The Morgan fingerprint density at radius 2 is 1.75 bits per heavy atom. The maximum atomic E-state index is 12.5. The van der Waals surface area contributed by atoms with E-state index in [4.69, 9.17) is 4.74 Å². The number of anilines is 2. The summed E-state index contributed by atoms with van der Waals surface area (Å²) in [5, 5.41) is 9.68. The third-order valence-electron chi connectivity index (χ3n) is 4.70. The van der Waals surface area contributed by atoms with Crippen molar-refractivity contribution in [1.82, 2.24) is 24.6 Å². The van der Waals surface area contributed by atoms with Gasteiger partial charge in [0.25, 0.3) is 0 Å². The third kappa shape index (κ3) is 3.81. The molecule has 1 N–H and O–H groups in total. The molecule has 0 saturated carbocycles. The molecule has 3 aromatic heterocycles. The van der Waals surface area contributed by atoms with Gasteiger partial charge in [-0.2, -0.15) is 4.98 Å². The number of carbonyl (C=O) groups excluding carboxylic acids is 1. The van der Waals surface area contributed by atoms with Crippen molar-refractivity contribution in [3.05, 3.63) is 77.8 Å². The molecule has 9 heteroatoms. The van der Waals surface area contributed by atoms with E-state index in [-0.39, 0.29) is 18.0 Å². The number of ether oxygens (including phenoxy) is 1. The topological polar surface area (TPSA) is 94.3 Å². The zero-order valence-electron chi connectivity index (χ0n) is 17.1. The molecule has 0 aliphatic heterocycles. The van der Waals surface area contributed by atoms with Crippen LogP contribution < -0.4 is 5.32 Å². The molecule has 8 nitrogen and oxygen atoms in total. The molecule has 0 radical (unpaired) electrons. The molecule has 158 valence electrons. The third-order valence-corrected chi connectivity index (χ3v) is 5.51. The van der Waals surface area contributed by atoms with E-state index in [0.717, 1.165) is 21.8 Å². The zero-order chi connectivity index (χ0) is 21.9. The van der Waals surface area contributed by atoms with Crippen molar-refractivity contribution in [2.75, 3.05) is 11.9 Å². The standard InChI is InChI=1S/C23H18N6O2S/c1-2-31-21(30)17-13-24-19(16-11-7-4-8-12-16)25-20(17)26-22-27-23-29(28-22)18(14-32-23)15-9-5-3-6-10-15/h3-14H,2H2,1H3,(H,24,25,26,28). The van der Waals surface area contributed by atoms with Gasteiger partial charge in [0.1, 0.15) is 5.56 Å². The van der Waals surface area contributed by atoms with Crippen molar-refractivity contribution in [2.45, 2.75) is 6.92 Å². The van der Waals surface area contributed by atoms with Crippen LogP contribution in [0.15, 0.2) is 72.2 Å². The lowest BCUT2D eigenvalue weighted by Gasteiger charge is -2.09. The number of hydrogen-bond acceptors (Lipinski definition) is 8. The van der Waals surface area contributed by atoms with Crippen LogP contribution in [0.5, 0.6) is 0 Å². The van der Waals surface area contributed by atoms with Gasteiger partial charge in [-0.25, -0.2) is 19.3 Å². The summed E-state index contributed by atoms with van der Waals surface area (Å²) in [6.45, 7) is 2.00. The molecular weight excluding hydrogens is 424 g/mol. The van der Waals surface area contributed by atoms with Crippen LogP contribution in [0.2, 0.25) is 0 Å². The molecule has 5 aromatic rings. The molecule has 0 aliphatic carbocycles. The lowest BCUT2D eigenvalue weighted by molar-refractivity contribution is 0.0526. The Labute approximate surface area is 187 Å². The van der Waals surface area contributed by atoms with Crippen LogP contribution in [0.3, 0.4) is 0 Å². The second-order valence-electron chi connectivity index (χ2n) is 6.78. The highest BCUT2D eigenvalue weighted by atomic mass is 32.1. The van der Waals surface area contributed by atoms with E-state index < -0.39 is 5.97 Å². The average molecular weight is 443 g/mol. The van der Waals surface area contributed by atoms with Crippen LogP contribution in [0.1, 0.15) is 17.3 Å². The van der Waals surface area contributed by atoms with Crippen molar-refractivity contribution >= 4 is 34.0 Å². The molecule has 0 spiro atoms. The van der Waals surface area contributed by atoms with Gasteiger partial charge in [-0.05, 0) is 6.92 Å². The van der Waals surface area contributed by atoms with Crippen LogP contribution >= 0.6 is 11.3 Å². The molecule has 0 aliphatic rings. The van der Waals surface area contributed by atoms with Gasteiger partial charge in [-0.1, -0.05) is 60.7 Å². The van der Waals surface area contributed by atoms with Gasteiger partial charge in [0.2, 0.25) is 10.9 Å². The van der Waals surface area contributed by atoms with Gasteiger partial charge in [0.15, 0.2) is 11.6 Å². The Balaban J connectivity index is 1.54. The van der Waals surface area contributed by atoms with E-state index >= 15 is 0 Å². The van der Waals surface area contributed by atoms with Crippen LogP contribution in [0.25, 0.3) is 27.6 Å². The molecule has 0 amide bonds. The minimum absolute atomic E-state index is 0.216. The summed E-state index contributed by atoms with van der Waals surface area (Å²) in [5.74, 6) is 0.585. The highest BCUT2D eigenvalue weighted by Crippen LogP contribution is 2.27. The first-order valence-electron chi connectivity index (χ1n) is 9.99. The van der Waals surface area contributed by atoms with Gasteiger partial charge in [-0.15, -0.1) is 16.4 Å². The van der Waals surface area contributed by atoms with Crippen molar-refractivity contribution in [2.24, 2.45) is 0 Å². The molecule has 0 atom stereocenters. The number of fused-ring (bicyclic) bond motifs is 1. The number of nitrogens with one attached hydrogen (secondary N) is 1. The fourth-order valence-electron chi connectivity index (χ4n) is 3.21. The summed E-state index contributed by atoms with van der Waals surface area (Å²) in [5.41, 5.74) is 3.02. The minimum Gasteiger partial charge on any atom is -0.462 e. The average Bonchev–Trinajstić information content (AvgIpc) is 3.40. The van der Waals surface area contributed by atoms with E-state index in [1.165, 1.54) is 17.5 Å². The number of esters is 1. The first-order chi connectivity index (χ1) is 15.7. The van der Waals surface area contributed by atoms with E-state index in [2.05, 4.69) is 25.4 Å². The lowest BCUT2D eigenvalue weighted by atomic mass is 10.2. The summed E-state index contributed by atoms with van der Waals surface area (Å²) in [6, 6.07) is 19.5. The van der Waals surface area contributed by atoms with Crippen LogP contribution in [0, 0.1) is 0 Å². The summed E-state index contributed by atoms with van der Waals surface area (Å²) >= 11 is 1.48. The molecule has 0 fully saturated rings. The Morgan fingerprint density at radius 1 is 1.03 bits per heavy atom. The van der Waals surface area contributed by atoms with Crippen LogP contribution in [0.4, 0.5) is 11.8 Å². The lowest BCUT2D eigenvalue weighted by Crippen LogP contribution is -2.11. The van der Waals surface area contributed by atoms with Gasteiger partial charge in [-0.3, -0.25) is 0 Å². The Kier molecular flexibility index (Phi) is 5.30. The first-order valence-corrected chi connectivity index (χ1v) is 10.9. The number of hydrogen-bond donors (Lipinski definition) is 1. The number of thiazole rings is 1. The Morgan fingerprint density at radius 3 is 2.47 bits per heavy atom. The fourth-order valence-corrected chi connectivity index (χ4v) is 4.04. The van der Waals surface area contributed by atoms with Gasteiger partial charge >= 0.3 is 5.97 Å². The second-order valence-corrected chi connectivity index (χ2v) is 7.62. The van der Waals surface area contributed by atoms with Crippen molar-refractivity contribution in [3.8, 4) is 22.6 Å². The molecule has 32 heavy (non-hydrogen) atoms. The normalized spacial score (nSPS) is 10.9. The molecule has 2 aromatic carbocycles. The smallest absolute Gasteiger partial charge is 0.343 e. The fraction of sp³-hybridized carbons (Fsp3) is 0.0870. The predicted octanol–water partition coefficient (Wildman–Crippen LogP) is 4.84. The molecule has 3 heterocycles. The van der Waals surface area contributed by atoms with E-state index in [1.54, 1.807) is 11.4 Å². The van der Waals surface area contributed by atoms with Gasteiger partial charge < -0.3 is 10.1 Å². The van der Waals surface area contributed by atoms with Gasteiger partial charge in [0, 0.05) is 22.7 Å². The Hall–Kier alpha value is -4.11. The predicted molar refractivity (Wildman–Crippen MR) is 123 cm³/mol. The molecule has 0 unspecified atom stereocenters. The number of carbonyl (C=O) groups is 1. The Bertz CT molecular complexity index is 1380. The first kappa shape index (κ1) is 19.8. The molecule has 0 saturated heterocycles. The van der Waals surface area contributed by atoms with E-state index in [0.29, 0.717) is 11.8 Å². The quantitative estimate of drug-likeness (QED) is 0.376. The SMILES string of the molecule is CCOC(=O)c1cnc(-c2ccccc2)nc1Nc1nc2scc(-c3ccccc3)n2n1. The largest absolute Gasteiger partial charge is 0.462 e. The van der Waals surface area contributed by atoms with Crippen molar-refractivity contribution < 1.29 is 9.53 Å². The molecular formula is C23H18N6O2S. The van der Waals surface area contributed by atoms with Gasteiger partial charge in [0.05, 0.1) is 12.3 Å². The highest BCUT2D eigenvalue weighted by molar-refractivity contribution is 7.15. The zero-order valence-corrected chi connectivity index (χ0v) is 17.9. The summed E-state index contributed by atoms with van der Waals surface area (Å²) in [6.07, 6.45) is 1.46. The van der Waals surface area contributed by atoms with E-state index in [9.17, 15) is 4.79 Å². The number of nitrogens with zero attached hydrogens (tertiary/aromatic N) is 5. The number of benzene rings is 2. The van der Waals surface area contributed by atoms with E-state index in [1.807, 2.05) is 66.0 Å². The molecule has 0 bridgehead atoms. The van der Waals surface area contributed by atoms with Crippen LogP contribution in [-0.4, -0.2) is 37.1 Å². The summed E-state index contributed by atoms with van der Waals surface area (Å²) in [4.78, 5) is 26.7. The monoisotopic (exact) mass is 442 g/mol.